The number of alkyl halides is 2. The van der Waals surface area contributed by atoms with Crippen molar-refractivity contribution in [1.29, 1.82) is 5.26 Å². The maximum atomic E-state index is 15.2. The predicted molar refractivity (Wildman–Crippen MR) is 126 cm³/mol. The Morgan fingerprint density at radius 3 is 2.29 bits per heavy atom. The Bertz CT molecular complexity index is 1450. The molecule has 0 saturated heterocycles. The second-order valence-electron chi connectivity index (χ2n) is 10.5. The van der Waals surface area contributed by atoms with Crippen molar-refractivity contribution in [3.63, 3.8) is 0 Å². The first-order chi connectivity index (χ1) is 18.0. The number of benzene rings is 3. The summed E-state index contributed by atoms with van der Waals surface area (Å²) in [5.41, 5.74) is -0.399. The van der Waals surface area contributed by atoms with Gasteiger partial charge in [-0.1, -0.05) is 12.1 Å². The van der Waals surface area contributed by atoms with Crippen molar-refractivity contribution in [3.8, 4) is 11.8 Å². The van der Waals surface area contributed by atoms with Gasteiger partial charge < -0.3 is 4.74 Å². The van der Waals surface area contributed by atoms with Gasteiger partial charge in [0.2, 0.25) is 0 Å². The molecule has 38 heavy (non-hydrogen) atoms. The molecule has 3 aromatic rings. The number of halogens is 7. The van der Waals surface area contributed by atoms with Crippen molar-refractivity contribution in [2.75, 3.05) is 0 Å². The van der Waals surface area contributed by atoms with Crippen LogP contribution in [-0.4, -0.2) is 6.11 Å². The lowest BCUT2D eigenvalue weighted by Crippen LogP contribution is -2.41. The Labute approximate surface area is 215 Å². The van der Waals surface area contributed by atoms with Gasteiger partial charge >= 0.3 is 6.11 Å². The second kappa shape index (κ2) is 9.79. The van der Waals surface area contributed by atoms with Crippen LogP contribution in [0.3, 0.4) is 0 Å². The maximum Gasteiger partial charge on any atom is 0.400 e. The number of aryl methyl sites for hydroxylation is 1. The van der Waals surface area contributed by atoms with Gasteiger partial charge in [0.25, 0.3) is 0 Å². The summed E-state index contributed by atoms with van der Waals surface area (Å²) in [6.07, 6.45) is -1.21. The smallest absolute Gasteiger partial charge is 0.400 e. The lowest BCUT2D eigenvalue weighted by Gasteiger charge is -2.43. The molecule has 0 bridgehead atoms. The minimum absolute atomic E-state index is 0.0428. The molecule has 9 heteroatoms. The van der Waals surface area contributed by atoms with Crippen LogP contribution in [0.15, 0.2) is 30.3 Å². The van der Waals surface area contributed by atoms with Crippen molar-refractivity contribution in [3.05, 3.63) is 76.1 Å². The van der Waals surface area contributed by atoms with Crippen molar-refractivity contribution < 1.29 is 35.5 Å². The van der Waals surface area contributed by atoms with Gasteiger partial charge in [-0.3, -0.25) is 0 Å². The molecule has 0 N–H and O–H groups in total. The zero-order valence-electron chi connectivity index (χ0n) is 20.4. The fourth-order valence-corrected chi connectivity index (χ4v) is 6.24. The van der Waals surface area contributed by atoms with Crippen molar-refractivity contribution in [2.24, 2.45) is 17.8 Å². The molecule has 0 radical (unpaired) electrons. The van der Waals surface area contributed by atoms with Crippen LogP contribution in [0, 0.1) is 65.1 Å². The van der Waals surface area contributed by atoms with Crippen LogP contribution in [0.25, 0.3) is 10.8 Å². The van der Waals surface area contributed by atoms with E-state index in [9.17, 15) is 22.0 Å². The van der Waals surface area contributed by atoms with E-state index in [2.05, 4.69) is 0 Å². The van der Waals surface area contributed by atoms with Gasteiger partial charge in [-0.15, -0.1) is 0 Å². The molecule has 0 aromatic heterocycles. The molecule has 0 spiro atoms. The number of fused-ring (bicyclic) bond motifs is 2. The van der Waals surface area contributed by atoms with Crippen LogP contribution >= 0.6 is 0 Å². The minimum atomic E-state index is -3.67. The molecule has 3 aromatic carbocycles. The van der Waals surface area contributed by atoms with Crippen molar-refractivity contribution in [2.45, 2.75) is 57.5 Å². The summed E-state index contributed by atoms with van der Waals surface area (Å²) in [5, 5.41) is 7.86. The molecule has 5 rings (SSSR count). The molecular formula is C29H24F7NO. The molecule has 0 heterocycles. The highest BCUT2D eigenvalue weighted by molar-refractivity contribution is 5.86. The largest absolute Gasteiger partial charge is 0.432 e. The average molecular weight is 536 g/mol. The van der Waals surface area contributed by atoms with E-state index in [1.165, 1.54) is 13.0 Å². The first-order valence-corrected chi connectivity index (χ1v) is 12.5. The third-order valence-electron chi connectivity index (χ3n) is 8.25. The highest BCUT2D eigenvalue weighted by atomic mass is 19.3. The Morgan fingerprint density at radius 1 is 0.842 bits per heavy atom. The number of hydrogen-bond acceptors (Lipinski definition) is 2. The monoisotopic (exact) mass is 535 g/mol. The van der Waals surface area contributed by atoms with Crippen molar-refractivity contribution in [1.82, 2.24) is 0 Å². The second-order valence-corrected chi connectivity index (χ2v) is 10.5. The van der Waals surface area contributed by atoms with E-state index >= 15 is 8.78 Å². The Morgan fingerprint density at radius 2 is 1.55 bits per heavy atom. The van der Waals surface area contributed by atoms with E-state index in [1.54, 1.807) is 12.1 Å². The quantitative estimate of drug-likeness (QED) is 0.313. The predicted octanol–water partition coefficient (Wildman–Crippen LogP) is 8.69. The highest BCUT2D eigenvalue weighted by Gasteiger charge is 2.48. The normalized spacial score (nSPS) is 23.7. The van der Waals surface area contributed by atoms with Gasteiger partial charge in [-0.25, -0.2) is 22.0 Å². The van der Waals surface area contributed by atoms with E-state index in [0.717, 1.165) is 6.07 Å². The van der Waals surface area contributed by atoms with E-state index in [4.69, 9.17) is 10.00 Å². The van der Waals surface area contributed by atoms with Gasteiger partial charge in [-0.05, 0) is 91.8 Å². The minimum Gasteiger partial charge on any atom is -0.432 e. The number of nitrogens with zero attached hydrogens (tertiary/aromatic N) is 1. The third kappa shape index (κ3) is 4.59. The van der Waals surface area contributed by atoms with Gasteiger partial charge in [0, 0.05) is 6.07 Å². The number of hydrogen-bond donors (Lipinski definition) is 0. The summed E-state index contributed by atoms with van der Waals surface area (Å²) < 4.78 is 107. The van der Waals surface area contributed by atoms with Crippen LogP contribution in [0.2, 0.25) is 0 Å². The average Bonchev–Trinajstić information content (AvgIpc) is 2.86. The van der Waals surface area contributed by atoms with Gasteiger partial charge in [0.05, 0.1) is 11.3 Å². The molecule has 2 aliphatic carbocycles. The van der Waals surface area contributed by atoms with Crippen LogP contribution in [-0.2, 0) is 0 Å². The molecule has 2 fully saturated rings. The van der Waals surface area contributed by atoms with E-state index in [0.29, 0.717) is 43.4 Å². The molecule has 4 unspecified atom stereocenters. The Hall–Kier alpha value is -3.28. The van der Waals surface area contributed by atoms with Gasteiger partial charge in [-0.2, -0.15) is 14.0 Å². The first-order valence-electron chi connectivity index (χ1n) is 12.5. The Balaban J connectivity index is 1.30. The molecule has 2 saturated carbocycles. The molecule has 0 aliphatic heterocycles. The fourth-order valence-electron chi connectivity index (χ4n) is 6.24. The lowest BCUT2D eigenvalue weighted by molar-refractivity contribution is -0.228. The zero-order chi connectivity index (χ0) is 27.4. The van der Waals surface area contributed by atoms with E-state index in [1.807, 2.05) is 0 Å². The standard InChI is InChI=1S/C29H24F7NO/c1-14-2-7-21(28(34)26(14)32)17-4-3-16-9-19(6-5-15(16)8-17)29(35,36)38-20-10-18-11-23(30)22(13-37)27(33)25(18)24(31)12-20/h2,7,10-12,15-17,19H,3-6,8-9H2,1H3. The zero-order valence-corrected chi connectivity index (χ0v) is 20.4. The van der Waals surface area contributed by atoms with Crippen molar-refractivity contribution >= 4 is 10.8 Å². The lowest BCUT2D eigenvalue weighted by atomic mass is 9.63. The summed E-state index contributed by atoms with van der Waals surface area (Å²) in [4.78, 5) is 0. The summed E-state index contributed by atoms with van der Waals surface area (Å²) >= 11 is 0. The summed E-state index contributed by atoms with van der Waals surface area (Å²) in [7, 11) is 0. The first kappa shape index (κ1) is 26.3. The summed E-state index contributed by atoms with van der Waals surface area (Å²) in [6, 6.07) is 6.70. The van der Waals surface area contributed by atoms with Crippen LogP contribution in [0.4, 0.5) is 30.7 Å². The number of ether oxygens (including phenoxy) is 1. The van der Waals surface area contributed by atoms with Crippen LogP contribution < -0.4 is 4.74 Å². The van der Waals surface area contributed by atoms with Gasteiger partial charge in [0.15, 0.2) is 17.5 Å². The van der Waals surface area contributed by atoms with Gasteiger partial charge in [0.1, 0.15) is 29.0 Å². The topological polar surface area (TPSA) is 33.0 Å². The molecule has 2 aliphatic rings. The van der Waals surface area contributed by atoms with E-state index in [-0.39, 0.29) is 41.5 Å². The third-order valence-corrected chi connectivity index (χ3v) is 8.25. The number of nitriles is 1. The van der Waals surface area contributed by atoms with Crippen LogP contribution in [0.5, 0.6) is 5.75 Å². The highest BCUT2D eigenvalue weighted by Crippen LogP contribution is 2.51. The summed E-state index contributed by atoms with van der Waals surface area (Å²) in [6.45, 7) is 1.50. The van der Waals surface area contributed by atoms with E-state index < -0.39 is 57.8 Å². The molecular weight excluding hydrogens is 511 g/mol. The fraction of sp³-hybridized carbons (Fsp3) is 0.414. The molecule has 200 valence electrons. The number of rotatable bonds is 4. The SMILES string of the molecule is Cc1ccc(C2CCC3CC(C(F)(F)Oc4cc(F)c5c(F)c(C#N)c(F)cc5c4)CCC3C2)c(F)c1F. The van der Waals surface area contributed by atoms with Crippen LogP contribution in [0.1, 0.15) is 61.1 Å². The summed E-state index contributed by atoms with van der Waals surface area (Å²) in [5.74, 6) is -7.45. The molecule has 0 amide bonds. The Kier molecular flexibility index (Phi) is 6.79. The molecule has 4 atom stereocenters. The maximum absolute atomic E-state index is 15.2. The molecule has 2 nitrogen and oxygen atoms in total.